The molecule has 1 saturated carbocycles. The van der Waals surface area contributed by atoms with Crippen LogP contribution in [-0.2, 0) is 11.3 Å². The minimum absolute atomic E-state index is 0.202. The molecule has 0 saturated heterocycles. The third kappa shape index (κ3) is 4.02. The lowest BCUT2D eigenvalue weighted by Crippen LogP contribution is -2.43. The lowest BCUT2D eigenvalue weighted by molar-refractivity contribution is -0.130. The maximum Gasteiger partial charge on any atom is 0.264 e. The lowest BCUT2D eigenvalue weighted by atomic mass is 10.2. The van der Waals surface area contributed by atoms with Crippen molar-refractivity contribution in [2.75, 3.05) is 13.2 Å². The molecular weight excluding hydrogens is 320 g/mol. The number of hydrogen-bond acceptors (Lipinski definition) is 5. The van der Waals surface area contributed by atoms with Gasteiger partial charge in [-0.15, -0.1) is 0 Å². The first-order valence-electron chi connectivity index (χ1n) is 8.52. The van der Waals surface area contributed by atoms with Crippen molar-refractivity contribution in [3.8, 4) is 17.4 Å². The Hall–Kier alpha value is -2.76. The number of hydrogen-bond donors (Lipinski definition) is 1. The number of fused-ring (bicyclic) bond motifs is 1. The van der Waals surface area contributed by atoms with Gasteiger partial charge in [-0.05, 0) is 42.5 Å². The summed E-state index contributed by atoms with van der Waals surface area (Å²) in [5.74, 6) is 2.33. The number of benzene rings is 1. The summed E-state index contributed by atoms with van der Waals surface area (Å²) in [6.07, 6.45) is 3.52. The number of nitrogens with zero attached hydrogens (tertiary/aromatic N) is 1. The number of carbonyl (C=O) groups excluding carboxylic acids is 1. The first-order valence-corrected chi connectivity index (χ1v) is 8.52. The Bertz CT molecular complexity index is 761. The molecule has 1 aliphatic heterocycles. The molecular formula is C19H20N2O4. The summed E-state index contributed by atoms with van der Waals surface area (Å²) in [7, 11) is 0. The zero-order valence-corrected chi connectivity index (χ0v) is 13.8. The molecule has 130 valence electrons. The molecule has 0 unspecified atom stereocenters. The Morgan fingerprint density at radius 1 is 1.24 bits per heavy atom. The second-order valence-electron chi connectivity index (χ2n) is 6.34. The van der Waals surface area contributed by atoms with Crippen LogP contribution in [0.1, 0.15) is 18.4 Å². The van der Waals surface area contributed by atoms with E-state index in [4.69, 9.17) is 14.2 Å². The lowest BCUT2D eigenvalue weighted by Gasteiger charge is -2.25. The van der Waals surface area contributed by atoms with E-state index in [1.165, 1.54) is 12.8 Å². The van der Waals surface area contributed by atoms with Gasteiger partial charge in [-0.2, -0.15) is 0 Å². The van der Waals surface area contributed by atoms with E-state index in [0.29, 0.717) is 29.8 Å². The predicted octanol–water partition coefficient (Wildman–Crippen LogP) is 2.33. The van der Waals surface area contributed by atoms with E-state index in [1.807, 2.05) is 30.3 Å². The van der Waals surface area contributed by atoms with Gasteiger partial charge < -0.3 is 19.5 Å². The second kappa shape index (κ2) is 7.01. The topological polar surface area (TPSA) is 69.7 Å². The molecule has 1 N–H and O–H groups in total. The summed E-state index contributed by atoms with van der Waals surface area (Å²) in [6.45, 7) is 1.31. The van der Waals surface area contributed by atoms with Crippen LogP contribution < -0.4 is 19.5 Å². The van der Waals surface area contributed by atoms with E-state index in [0.717, 1.165) is 12.2 Å². The number of nitrogens with one attached hydrogen (secondary N) is 1. The fourth-order valence-electron chi connectivity index (χ4n) is 2.58. The third-order valence-corrected chi connectivity index (χ3v) is 4.23. The van der Waals surface area contributed by atoms with Crippen LogP contribution in [0.25, 0.3) is 0 Å². The molecule has 25 heavy (non-hydrogen) atoms. The number of pyridine rings is 1. The molecule has 1 atom stereocenters. The molecule has 1 aromatic heterocycles. The molecule has 0 radical (unpaired) electrons. The number of rotatable bonds is 6. The highest BCUT2D eigenvalue weighted by atomic mass is 16.6. The fraction of sp³-hybridized carbons (Fsp3) is 0.368. The van der Waals surface area contributed by atoms with Crippen LogP contribution in [0, 0.1) is 5.92 Å². The Balaban J connectivity index is 1.30. The number of amides is 1. The van der Waals surface area contributed by atoms with Crippen LogP contribution >= 0.6 is 0 Å². The molecule has 1 aromatic carbocycles. The molecule has 2 aliphatic rings. The molecule has 1 aliphatic carbocycles. The molecule has 6 heteroatoms. The second-order valence-corrected chi connectivity index (χ2v) is 6.34. The number of ether oxygens (including phenoxy) is 3. The van der Waals surface area contributed by atoms with Crippen molar-refractivity contribution in [1.29, 1.82) is 0 Å². The quantitative estimate of drug-likeness (QED) is 0.874. The van der Waals surface area contributed by atoms with Crippen LogP contribution in [0.3, 0.4) is 0 Å². The smallest absolute Gasteiger partial charge is 0.264 e. The van der Waals surface area contributed by atoms with Crippen LogP contribution in [-0.4, -0.2) is 30.2 Å². The maximum atomic E-state index is 12.3. The maximum absolute atomic E-state index is 12.3. The third-order valence-electron chi connectivity index (χ3n) is 4.23. The van der Waals surface area contributed by atoms with Gasteiger partial charge in [0.15, 0.2) is 11.5 Å². The van der Waals surface area contributed by atoms with E-state index >= 15 is 0 Å². The number of aromatic nitrogens is 1. The Morgan fingerprint density at radius 2 is 2.08 bits per heavy atom. The van der Waals surface area contributed by atoms with Crippen molar-refractivity contribution in [3.05, 3.63) is 48.2 Å². The zero-order chi connectivity index (χ0) is 17.1. The molecule has 0 bridgehead atoms. The van der Waals surface area contributed by atoms with Gasteiger partial charge in [0.2, 0.25) is 12.0 Å². The van der Waals surface area contributed by atoms with Crippen molar-refractivity contribution in [2.45, 2.75) is 25.5 Å². The van der Waals surface area contributed by atoms with Gasteiger partial charge in [-0.25, -0.2) is 4.98 Å². The standard InChI is InChI=1S/C19H20N2O4/c22-19(17-12-23-15-3-1-2-4-16(15)25-17)21-10-14-7-8-20-18(9-14)24-11-13-5-6-13/h1-4,7-9,13,17H,5-6,10-12H2,(H,21,22)/t17-/m1/s1. The molecule has 0 spiro atoms. The molecule has 1 amide bonds. The number of carbonyl (C=O) groups is 1. The van der Waals surface area contributed by atoms with Gasteiger partial charge in [-0.1, -0.05) is 12.1 Å². The average molecular weight is 340 g/mol. The summed E-state index contributed by atoms with van der Waals surface area (Å²) >= 11 is 0. The molecule has 1 fully saturated rings. The fourth-order valence-corrected chi connectivity index (χ4v) is 2.58. The van der Waals surface area contributed by atoms with Gasteiger partial charge >= 0.3 is 0 Å². The highest BCUT2D eigenvalue weighted by Crippen LogP contribution is 2.31. The largest absolute Gasteiger partial charge is 0.485 e. The normalized spacial score (nSPS) is 18.5. The summed E-state index contributed by atoms with van der Waals surface area (Å²) in [5.41, 5.74) is 0.936. The first kappa shape index (κ1) is 15.7. The van der Waals surface area contributed by atoms with Gasteiger partial charge in [0.05, 0.1) is 6.61 Å². The van der Waals surface area contributed by atoms with Crippen LogP contribution in [0.5, 0.6) is 17.4 Å². The SMILES string of the molecule is O=C(NCc1ccnc(OCC2CC2)c1)[C@H]1COc2ccccc2O1. The summed E-state index contributed by atoms with van der Waals surface area (Å²) in [4.78, 5) is 16.5. The van der Waals surface area contributed by atoms with E-state index in [2.05, 4.69) is 10.3 Å². The Morgan fingerprint density at radius 3 is 2.92 bits per heavy atom. The first-order chi connectivity index (χ1) is 12.3. The minimum Gasteiger partial charge on any atom is -0.485 e. The van der Waals surface area contributed by atoms with E-state index in [9.17, 15) is 4.79 Å². The van der Waals surface area contributed by atoms with Gasteiger partial charge in [0.25, 0.3) is 5.91 Å². The predicted molar refractivity (Wildman–Crippen MR) is 90.7 cm³/mol. The Labute approximate surface area is 146 Å². The van der Waals surface area contributed by atoms with Crippen molar-refractivity contribution in [2.24, 2.45) is 5.92 Å². The van der Waals surface area contributed by atoms with Crippen molar-refractivity contribution < 1.29 is 19.0 Å². The molecule has 6 nitrogen and oxygen atoms in total. The highest BCUT2D eigenvalue weighted by Gasteiger charge is 2.27. The van der Waals surface area contributed by atoms with Crippen LogP contribution in [0.15, 0.2) is 42.6 Å². The molecule has 2 heterocycles. The summed E-state index contributed by atoms with van der Waals surface area (Å²) in [5, 5.41) is 2.88. The zero-order valence-electron chi connectivity index (χ0n) is 13.8. The minimum atomic E-state index is -0.651. The molecule has 4 rings (SSSR count). The van der Waals surface area contributed by atoms with E-state index in [-0.39, 0.29) is 12.5 Å². The van der Waals surface area contributed by atoms with Gasteiger partial charge in [0, 0.05) is 18.8 Å². The van der Waals surface area contributed by atoms with Crippen molar-refractivity contribution in [3.63, 3.8) is 0 Å². The van der Waals surface area contributed by atoms with E-state index in [1.54, 1.807) is 12.3 Å². The highest BCUT2D eigenvalue weighted by molar-refractivity contribution is 5.81. The monoisotopic (exact) mass is 340 g/mol. The van der Waals surface area contributed by atoms with Crippen molar-refractivity contribution >= 4 is 5.91 Å². The van der Waals surface area contributed by atoms with Crippen LogP contribution in [0.2, 0.25) is 0 Å². The molecule has 2 aromatic rings. The van der Waals surface area contributed by atoms with E-state index < -0.39 is 6.10 Å². The van der Waals surface area contributed by atoms with Gasteiger partial charge in [0.1, 0.15) is 6.61 Å². The Kier molecular flexibility index (Phi) is 4.41. The average Bonchev–Trinajstić information content (AvgIpc) is 3.49. The summed E-state index contributed by atoms with van der Waals surface area (Å²) in [6, 6.07) is 11.1. The van der Waals surface area contributed by atoms with Gasteiger partial charge in [-0.3, -0.25) is 4.79 Å². The van der Waals surface area contributed by atoms with Crippen molar-refractivity contribution in [1.82, 2.24) is 10.3 Å². The summed E-state index contributed by atoms with van der Waals surface area (Å²) < 4.78 is 16.9. The van der Waals surface area contributed by atoms with Crippen LogP contribution in [0.4, 0.5) is 0 Å². The number of para-hydroxylation sites is 2.